The predicted molar refractivity (Wildman–Crippen MR) is 133 cm³/mol. The maximum atomic E-state index is 13.4. The van der Waals surface area contributed by atoms with Gasteiger partial charge in [0.05, 0.1) is 13.2 Å². The highest BCUT2D eigenvalue weighted by molar-refractivity contribution is 5.95. The molecular weight excluding hydrogens is 442 g/mol. The maximum absolute atomic E-state index is 13.4. The van der Waals surface area contributed by atoms with E-state index >= 15 is 0 Å². The maximum Gasteiger partial charge on any atom is 0.276 e. The van der Waals surface area contributed by atoms with E-state index < -0.39 is 0 Å². The van der Waals surface area contributed by atoms with Gasteiger partial charge in [0, 0.05) is 18.2 Å². The van der Waals surface area contributed by atoms with Crippen molar-refractivity contribution in [3.8, 4) is 17.1 Å². The van der Waals surface area contributed by atoms with Gasteiger partial charge in [-0.2, -0.15) is 0 Å². The molecule has 0 bridgehead atoms. The first-order chi connectivity index (χ1) is 17.0. The standard InChI is InChI=1S/C28H27N3O4/c1-20(22-11-7-4-8-12-22)29-27(32)19-31(18-21-9-5-3-6-10-21)28(33)25-17-26(35-30-25)23-13-15-24(34-2)16-14-23/h3-17,20H,18-19H2,1-2H3,(H,29,32)/t20-/m0/s1. The van der Waals surface area contributed by atoms with E-state index in [0.717, 1.165) is 16.7 Å². The SMILES string of the molecule is COc1ccc(-c2cc(C(=O)N(CC(=O)N[C@@H](C)c3ccccc3)Cc3ccccc3)no2)cc1. The average molecular weight is 470 g/mol. The van der Waals surface area contributed by atoms with Gasteiger partial charge < -0.3 is 19.5 Å². The fraction of sp³-hybridized carbons (Fsp3) is 0.179. The number of rotatable bonds is 9. The van der Waals surface area contributed by atoms with Crippen molar-refractivity contribution in [3.05, 3.63) is 108 Å². The lowest BCUT2D eigenvalue weighted by Gasteiger charge is -2.23. The van der Waals surface area contributed by atoms with E-state index in [9.17, 15) is 9.59 Å². The summed E-state index contributed by atoms with van der Waals surface area (Å²) in [6, 6.07) is 27.9. The summed E-state index contributed by atoms with van der Waals surface area (Å²) in [4.78, 5) is 27.7. The van der Waals surface area contributed by atoms with E-state index in [1.165, 1.54) is 4.90 Å². The Morgan fingerprint density at radius 3 is 2.29 bits per heavy atom. The third kappa shape index (κ3) is 6.14. The van der Waals surface area contributed by atoms with Crippen LogP contribution < -0.4 is 10.1 Å². The molecule has 0 unspecified atom stereocenters. The van der Waals surface area contributed by atoms with Crippen molar-refractivity contribution in [2.24, 2.45) is 0 Å². The number of carbonyl (C=O) groups excluding carboxylic acids is 2. The first kappa shape index (κ1) is 23.8. The molecule has 1 aromatic heterocycles. The molecule has 35 heavy (non-hydrogen) atoms. The van der Waals surface area contributed by atoms with Gasteiger partial charge in [0.2, 0.25) is 5.91 Å². The van der Waals surface area contributed by atoms with E-state index in [0.29, 0.717) is 11.5 Å². The fourth-order valence-electron chi connectivity index (χ4n) is 3.72. The number of hydrogen-bond donors (Lipinski definition) is 1. The summed E-state index contributed by atoms with van der Waals surface area (Å²) in [6.07, 6.45) is 0. The van der Waals surface area contributed by atoms with Gasteiger partial charge in [-0.25, -0.2) is 0 Å². The van der Waals surface area contributed by atoms with Crippen molar-refractivity contribution < 1.29 is 18.8 Å². The second-order valence-corrected chi connectivity index (χ2v) is 8.15. The molecule has 4 rings (SSSR count). The Balaban J connectivity index is 1.51. The van der Waals surface area contributed by atoms with Gasteiger partial charge in [-0.15, -0.1) is 0 Å². The highest BCUT2D eigenvalue weighted by Crippen LogP contribution is 2.24. The number of amides is 2. The molecule has 3 aromatic carbocycles. The van der Waals surface area contributed by atoms with Crippen LogP contribution in [0.3, 0.4) is 0 Å². The lowest BCUT2D eigenvalue weighted by atomic mass is 10.1. The predicted octanol–water partition coefficient (Wildman–Crippen LogP) is 4.87. The van der Waals surface area contributed by atoms with Gasteiger partial charge in [0.15, 0.2) is 11.5 Å². The van der Waals surface area contributed by atoms with Gasteiger partial charge in [-0.3, -0.25) is 9.59 Å². The topological polar surface area (TPSA) is 84.7 Å². The van der Waals surface area contributed by atoms with Crippen LogP contribution in [0.4, 0.5) is 0 Å². The van der Waals surface area contributed by atoms with Crippen LogP contribution >= 0.6 is 0 Å². The number of benzene rings is 3. The van der Waals surface area contributed by atoms with Crippen molar-refractivity contribution in [3.63, 3.8) is 0 Å². The summed E-state index contributed by atoms with van der Waals surface area (Å²) in [5.74, 6) is 0.525. The van der Waals surface area contributed by atoms with Crippen LogP contribution in [-0.2, 0) is 11.3 Å². The van der Waals surface area contributed by atoms with Gasteiger partial charge in [-0.05, 0) is 42.3 Å². The fourth-order valence-corrected chi connectivity index (χ4v) is 3.72. The second kappa shape index (κ2) is 11.2. The number of methoxy groups -OCH3 is 1. The molecule has 178 valence electrons. The van der Waals surface area contributed by atoms with E-state index in [4.69, 9.17) is 9.26 Å². The molecule has 0 spiro atoms. The molecule has 0 fully saturated rings. The second-order valence-electron chi connectivity index (χ2n) is 8.15. The first-order valence-corrected chi connectivity index (χ1v) is 11.3. The van der Waals surface area contributed by atoms with Crippen LogP contribution in [-0.4, -0.2) is 35.5 Å². The van der Waals surface area contributed by atoms with Crippen molar-refractivity contribution in [2.75, 3.05) is 13.7 Å². The van der Waals surface area contributed by atoms with Crippen LogP contribution in [0, 0.1) is 0 Å². The molecule has 0 aliphatic rings. The summed E-state index contributed by atoms with van der Waals surface area (Å²) in [6.45, 7) is 2.06. The lowest BCUT2D eigenvalue weighted by molar-refractivity contribution is -0.122. The Morgan fingerprint density at radius 1 is 0.971 bits per heavy atom. The smallest absolute Gasteiger partial charge is 0.276 e. The quantitative estimate of drug-likeness (QED) is 0.378. The van der Waals surface area contributed by atoms with E-state index in [1.807, 2.05) is 79.7 Å². The zero-order chi connectivity index (χ0) is 24.6. The molecule has 7 heteroatoms. The molecule has 1 heterocycles. The molecule has 0 saturated heterocycles. The number of hydrogen-bond acceptors (Lipinski definition) is 5. The molecule has 4 aromatic rings. The summed E-state index contributed by atoms with van der Waals surface area (Å²) >= 11 is 0. The number of ether oxygens (including phenoxy) is 1. The molecule has 7 nitrogen and oxygen atoms in total. The summed E-state index contributed by atoms with van der Waals surface area (Å²) in [5, 5.41) is 6.96. The van der Waals surface area contributed by atoms with Crippen molar-refractivity contribution in [2.45, 2.75) is 19.5 Å². The molecule has 1 N–H and O–H groups in total. The Bertz CT molecular complexity index is 1250. The van der Waals surface area contributed by atoms with Crippen molar-refractivity contribution >= 4 is 11.8 Å². The normalized spacial score (nSPS) is 11.5. The largest absolute Gasteiger partial charge is 0.497 e. The molecular formula is C28H27N3O4. The van der Waals surface area contributed by atoms with Crippen LogP contribution in [0.25, 0.3) is 11.3 Å². The average Bonchev–Trinajstić information content (AvgIpc) is 3.39. The van der Waals surface area contributed by atoms with Crippen molar-refractivity contribution in [1.29, 1.82) is 0 Å². The molecule has 0 radical (unpaired) electrons. The van der Waals surface area contributed by atoms with Crippen LogP contribution in [0.5, 0.6) is 5.75 Å². The summed E-state index contributed by atoms with van der Waals surface area (Å²) < 4.78 is 10.6. The van der Waals surface area contributed by atoms with Gasteiger partial charge in [0.25, 0.3) is 5.91 Å². The van der Waals surface area contributed by atoms with Gasteiger partial charge in [-0.1, -0.05) is 65.8 Å². The molecule has 0 aliphatic heterocycles. The molecule has 0 aliphatic carbocycles. The van der Waals surface area contributed by atoms with E-state index in [1.54, 1.807) is 25.3 Å². The highest BCUT2D eigenvalue weighted by atomic mass is 16.5. The van der Waals surface area contributed by atoms with Crippen molar-refractivity contribution in [1.82, 2.24) is 15.4 Å². The lowest BCUT2D eigenvalue weighted by Crippen LogP contribution is -2.41. The van der Waals surface area contributed by atoms with Gasteiger partial charge in [0.1, 0.15) is 12.3 Å². The highest BCUT2D eigenvalue weighted by Gasteiger charge is 2.24. The minimum Gasteiger partial charge on any atom is -0.497 e. The molecule has 0 saturated carbocycles. The molecule has 1 atom stereocenters. The van der Waals surface area contributed by atoms with Gasteiger partial charge >= 0.3 is 0 Å². The Hall–Kier alpha value is -4.39. The third-order valence-electron chi connectivity index (χ3n) is 5.62. The Kier molecular flexibility index (Phi) is 7.57. The van der Waals surface area contributed by atoms with Crippen LogP contribution in [0.2, 0.25) is 0 Å². The number of aromatic nitrogens is 1. The summed E-state index contributed by atoms with van der Waals surface area (Å²) in [7, 11) is 1.60. The zero-order valence-corrected chi connectivity index (χ0v) is 19.7. The number of carbonyl (C=O) groups is 2. The van der Waals surface area contributed by atoms with E-state index in [2.05, 4.69) is 10.5 Å². The Labute approximate surface area is 204 Å². The Morgan fingerprint density at radius 2 is 1.63 bits per heavy atom. The third-order valence-corrected chi connectivity index (χ3v) is 5.62. The number of nitrogens with one attached hydrogen (secondary N) is 1. The van der Waals surface area contributed by atoms with Crippen LogP contribution in [0.15, 0.2) is 95.5 Å². The summed E-state index contributed by atoms with van der Waals surface area (Å²) in [5.41, 5.74) is 2.79. The monoisotopic (exact) mass is 469 g/mol. The van der Waals surface area contributed by atoms with Crippen LogP contribution in [0.1, 0.15) is 34.6 Å². The first-order valence-electron chi connectivity index (χ1n) is 11.3. The molecule has 2 amide bonds. The van der Waals surface area contributed by atoms with E-state index in [-0.39, 0.29) is 36.6 Å². The minimum atomic E-state index is -0.389. The minimum absolute atomic E-state index is 0.115. The number of nitrogens with zero attached hydrogens (tertiary/aromatic N) is 2. The zero-order valence-electron chi connectivity index (χ0n) is 19.7.